The Bertz CT molecular complexity index is 821. The van der Waals surface area contributed by atoms with Crippen molar-refractivity contribution in [3.8, 4) is 5.75 Å². The van der Waals surface area contributed by atoms with E-state index in [4.69, 9.17) is 18.9 Å². The van der Waals surface area contributed by atoms with Crippen LogP contribution in [0.2, 0.25) is 0 Å². The minimum atomic E-state index is -0.847. The van der Waals surface area contributed by atoms with E-state index in [9.17, 15) is 9.90 Å². The van der Waals surface area contributed by atoms with Crippen molar-refractivity contribution < 1.29 is 28.8 Å². The van der Waals surface area contributed by atoms with Crippen LogP contribution in [0.5, 0.6) is 5.75 Å². The van der Waals surface area contributed by atoms with Crippen molar-refractivity contribution in [2.45, 2.75) is 63.9 Å². The molecule has 0 radical (unpaired) electrons. The number of epoxide rings is 1. The minimum absolute atomic E-state index is 0.0635. The van der Waals surface area contributed by atoms with Gasteiger partial charge in [-0.05, 0) is 49.5 Å². The van der Waals surface area contributed by atoms with Crippen molar-refractivity contribution in [3.05, 3.63) is 47.6 Å². The number of methoxy groups -OCH3 is 2. The second-order valence-electron chi connectivity index (χ2n) is 9.23. The molecule has 1 aromatic rings. The van der Waals surface area contributed by atoms with Crippen LogP contribution in [-0.2, 0) is 19.0 Å². The van der Waals surface area contributed by atoms with E-state index >= 15 is 0 Å². The molecule has 1 saturated carbocycles. The number of allylic oxidation sites excluding steroid dienone is 1. The largest absolute Gasteiger partial charge is 0.497 e. The molecule has 176 valence electrons. The molecule has 1 N–H and O–H groups in total. The van der Waals surface area contributed by atoms with Gasteiger partial charge < -0.3 is 24.1 Å². The predicted molar refractivity (Wildman–Crippen MR) is 123 cm³/mol. The molecule has 0 unspecified atom stereocenters. The first-order chi connectivity index (χ1) is 15.3. The molecule has 0 bridgehead atoms. The highest BCUT2D eigenvalue weighted by Gasteiger charge is 2.62. The van der Waals surface area contributed by atoms with Gasteiger partial charge in [0, 0.05) is 25.5 Å². The summed E-state index contributed by atoms with van der Waals surface area (Å²) in [4.78, 5) is 12.6. The zero-order valence-corrected chi connectivity index (χ0v) is 19.7. The van der Waals surface area contributed by atoms with E-state index in [1.54, 1.807) is 20.3 Å². The maximum absolute atomic E-state index is 12.6. The lowest BCUT2D eigenvalue weighted by atomic mass is 9.70. The van der Waals surface area contributed by atoms with Crippen molar-refractivity contribution in [2.24, 2.45) is 11.8 Å². The highest BCUT2D eigenvalue weighted by Crippen LogP contribution is 2.50. The molecule has 0 aromatic heterocycles. The van der Waals surface area contributed by atoms with Gasteiger partial charge in [-0.1, -0.05) is 37.6 Å². The number of ether oxygens (including phenoxy) is 4. The van der Waals surface area contributed by atoms with Crippen molar-refractivity contribution in [3.63, 3.8) is 0 Å². The molecule has 6 heteroatoms. The van der Waals surface area contributed by atoms with Crippen molar-refractivity contribution in [2.75, 3.05) is 20.8 Å². The highest BCUT2D eigenvalue weighted by molar-refractivity contribution is 5.87. The average Bonchev–Trinajstić information content (AvgIpc) is 3.53. The van der Waals surface area contributed by atoms with Crippen LogP contribution < -0.4 is 4.74 Å². The van der Waals surface area contributed by atoms with Gasteiger partial charge >= 0.3 is 5.97 Å². The Balaban J connectivity index is 1.71. The Morgan fingerprint density at radius 1 is 1.25 bits per heavy atom. The molecule has 32 heavy (non-hydrogen) atoms. The molecule has 0 amide bonds. The van der Waals surface area contributed by atoms with E-state index in [1.165, 1.54) is 6.08 Å². The third-order valence-electron chi connectivity index (χ3n) is 6.42. The molecule has 1 aromatic carbocycles. The lowest BCUT2D eigenvalue weighted by Crippen LogP contribution is -2.57. The zero-order valence-electron chi connectivity index (χ0n) is 19.7. The molecule has 2 fully saturated rings. The third kappa shape index (κ3) is 5.80. The van der Waals surface area contributed by atoms with Crippen LogP contribution >= 0.6 is 0 Å². The van der Waals surface area contributed by atoms with Gasteiger partial charge in [-0.15, -0.1) is 0 Å². The molecule has 1 aliphatic heterocycles. The summed E-state index contributed by atoms with van der Waals surface area (Å²) in [5.74, 6) is 0.797. The first-order valence-electron chi connectivity index (χ1n) is 11.3. The lowest BCUT2D eigenvalue weighted by Gasteiger charge is -2.43. The van der Waals surface area contributed by atoms with E-state index in [1.807, 2.05) is 24.3 Å². The molecule has 3 rings (SSSR count). The van der Waals surface area contributed by atoms with Gasteiger partial charge in [0.2, 0.25) is 0 Å². The Morgan fingerprint density at radius 2 is 1.94 bits per heavy atom. The van der Waals surface area contributed by atoms with E-state index in [2.05, 4.69) is 26.8 Å². The first-order valence-corrected chi connectivity index (χ1v) is 11.3. The number of esters is 1. The summed E-state index contributed by atoms with van der Waals surface area (Å²) in [6.45, 7) is 7.08. The van der Waals surface area contributed by atoms with E-state index < -0.39 is 29.9 Å². The monoisotopic (exact) mass is 444 g/mol. The topological polar surface area (TPSA) is 77.5 Å². The quantitative estimate of drug-likeness (QED) is 0.267. The highest BCUT2D eigenvalue weighted by atomic mass is 16.6. The summed E-state index contributed by atoms with van der Waals surface area (Å²) < 4.78 is 22.5. The van der Waals surface area contributed by atoms with Crippen LogP contribution in [0.4, 0.5) is 0 Å². The number of rotatable bonds is 9. The molecule has 1 heterocycles. The maximum Gasteiger partial charge on any atom is 0.331 e. The second kappa shape index (κ2) is 10.6. The number of aliphatic hydroxyl groups excluding tert-OH is 1. The molecular formula is C26H36O6. The molecule has 5 atom stereocenters. The summed E-state index contributed by atoms with van der Waals surface area (Å²) in [6.07, 6.45) is 5.71. The minimum Gasteiger partial charge on any atom is -0.497 e. The summed E-state index contributed by atoms with van der Waals surface area (Å²) in [7, 11) is 3.20. The van der Waals surface area contributed by atoms with Gasteiger partial charge in [0.15, 0.2) is 6.10 Å². The van der Waals surface area contributed by atoms with Crippen LogP contribution in [0.15, 0.2) is 42.0 Å². The number of hydrogen-bond donors (Lipinski definition) is 1. The van der Waals surface area contributed by atoms with Gasteiger partial charge in [0.1, 0.15) is 17.5 Å². The Morgan fingerprint density at radius 3 is 2.50 bits per heavy atom. The SMILES string of the molecule is COc1ccc(/C=C/C(=O)O[C@H]2[C@@H](OC)[C@H](/C(C)=C/CCC(C)C)[C@@]3(CO3)C[C@@H]2O)cc1. The molecule has 6 nitrogen and oxygen atoms in total. The fourth-order valence-electron chi connectivity index (χ4n) is 4.61. The summed E-state index contributed by atoms with van der Waals surface area (Å²) in [5, 5.41) is 10.8. The fraction of sp³-hybridized carbons (Fsp3) is 0.577. The summed E-state index contributed by atoms with van der Waals surface area (Å²) in [6, 6.07) is 7.35. The van der Waals surface area contributed by atoms with Crippen LogP contribution in [-0.4, -0.2) is 55.8 Å². The van der Waals surface area contributed by atoms with E-state index in [0.29, 0.717) is 18.9 Å². The van der Waals surface area contributed by atoms with Gasteiger partial charge in [0.05, 0.1) is 19.8 Å². The molecule has 1 spiro atoms. The maximum atomic E-state index is 12.6. The van der Waals surface area contributed by atoms with Gasteiger partial charge in [-0.2, -0.15) is 0 Å². The summed E-state index contributed by atoms with van der Waals surface area (Å²) >= 11 is 0. The van der Waals surface area contributed by atoms with Crippen molar-refractivity contribution in [1.29, 1.82) is 0 Å². The zero-order chi connectivity index (χ0) is 23.3. The first kappa shape index (κ1) is 24.5. The number of benzene rings is 1. The Hall–Kier alpha value is -2.15. The summed E-state index contributed by atoms with van der Waals surface area (Å²) in [5.41, 5.74) is 1.58. The number of carbonyl (C=O) groups excluding carboxylic acids is 1. The number of hydrogen-bond acceptors (Lipinski definition) is 6. The van der Waals surface area contributed by atoms with E-state index in [0.717, 1.165) is 29.7 Å². The van der Waals surface area contributed by atoms with Crippen molar-refractivity contribution in [1.82, 2.24) is 0 Å². The predicted octanol–water partition coefficient (Wildman–Crippen LogP) is 4.17. The number of aliphatic hydroxyl groups is 1. The van der Waals surface area contributed by atoms with Gasteiger partial charge in [0.25, 0.3) is 0 Å². The smallest absolute Gasteiger partial charge is 0.331 e. The van der Waals surface area contributed by atoms with Crippen LogP contribution in [0, 0.1) is 11.8 Å². The molecular weight excluding hydrogens is 408 g/mol. The lowest BCUT2D eigenvalue weighted by molar-refractivity contribution is -0.179. The normalized spacial score (nSPS) is 30.2. The van der Waals surface area contributed by atoms with Crippen LogP contribution in [0.25, 0.3) is 6.08 Å². The van der Waals surface area contributed by atoms with Crippen LogP contribution in [0.1, 0.15) is 45.6 Å². The van der Waals surface area contributed by atoms with Gasteiger partial charge in [-0.25, -0.2) is 4.79 Å². The van der Waals surface area contributed by atoms with Crippen molar-refractivity contribution >= 4 is 12.0 Å². The standard InChI is InChI=1S/C26H36O6/c1-17(2)7-6-8-18(3)23-25(30-5)24(21(27)15-26(23)16-31-26)32-22(28)14-11-19-9-12-20(29-4)13-10-19/h8-14,17,21,23-25,27H,6-7,15-16H2,1-5H3/b14-11+,18-8+/t21-,23-,24+,25-,26-/m0/s1. The van der Waals surface area contributed by atoms with Gasteiger partial charge in [-0.3, -0.25) is 0 Å². The number of carbonyl (C=O) groups is 1. The fourth-order valence-corrected chi connectivity index (χ4v) is 4.61. The molecule has 1 aliphatic carbocycles. The molecule has 1 saturated heterocycles. The van der Waals surface area contributed by atoms with Crippen LogP contribution in [0.3, 0.4) is 0 Å². The Labute approximate surface area is 191 Å². The molecule has 2 aliphatic rings. The Kier molecular flexibility index (Phi) is 8.15. The van der Waals surface area contributed by atoms with E-state index in [-0.39, 0.29) is 5.92 Å². The average molecular weight is 445 g/mol. The third-order valence-corrected chi connectivity index (χ3v) is 6.42. The second-order valence-corrected chi connectivity index (χ2v) is 9.23.